The Hall–Kier alpha value is -2.92. The van der Waals surface area contributed by atoms with Gasteiger partial charge in [-0.2, -0.15) is 0 Å². The van der Waals surface area contributed by atoms with Crippen LogP contribution in [0.3, 0.4) is 0 Å². The molecule has 1 fully saturated rings. The second-order valence-corrected chi connectivity index (χ2v) is 7.96. The van der Waals surface area contributed by atoms with Gasteiger partial charge in [-0.25, -0.2) is 0 Å². The molecule has 30 heavy (non-hydrogen) atoms. The van der Waals surface area contributed by atoms with Gasteiger partial charge in [0.2, 0.25) is 5.91 Å². The van der Waals surface area contributed by atoms with Crippen molar-refractivity contribution in [2.75, 3.05) is 26.2 Å². The van der Waals surface area contributed by atoms with Gasteiger partial charge in [0.1, 0.15) is 0 Å². The van der Waals surface area contributed by atoms with Gasteiger partial charge in [0.15, 0.2) is 5.60 Å². The minimum atomic E-state index is -1.14. The summed E-state index contributed by atoms with van der Waals surface area (Å²) in [5.41, 5.74) is 2.01. The molecule has 0 spiro atoms. The molecule has 2 aromatic carbocycles. The van der Waals surface area contributed by atoms with Crippen molar-refractivity contribution >= 4 is 11.8 Å². The molecule has 0 bridgehead atoms. The van der Waals surface area contributed by atoms with E-state index in [0.29, 0.717) is 26.1 Å². The molecule has 158 valence electrons. The molecule has 5 heteroatoms. The van der Waals surface area contributed by atoms with Crippen molar-refractivity contribution in [1.82, 2.24) is 10.2 Å². The number of nitrogens with one attached hydrogen (secondary N) is 1. The first-order valence-electron chi connectivity index (χ1n) is 10.4. The van der Waals surface area contributed by atoms with Crippen molar-refractivity contribution in [3.8, 4) is 11.1 Å². The number of hydrogen-bond donors (Lipinski definition) is 1. The molecule has 0 saturated carbocycles. The van der Waals surface area contributed by atoms with Crippen LogP contribution in [0.5, 0.6) is 0 Å². The van der Waals surface area contributed by atoms with Crippen LogP contribution in [0.1, 0.15) is 19.4 Å². The fourth-order valence-corrected chi connectivity index (χ4v) is 3.87. The average molecular weight is 407 g/mol. The number of benzene rings is 2. The Kier molecular flexibility index (Phi) is 7.06. The van der Waals surface area contributed by atoms with Gasteiger partial charge in [-0.05, 0) is 16.7 Å². The van der Waals surface area contributed by atoms with Crippen molar-refractivity contribution in [3.63, 3.8) is 0 Å². The Labute approximate surface area is 178 Å². The second kappa shape index (κ2) is 9.72. The molecule has 0 aliphatic carbocycles. The molecule has 5 nitrogen and oxygen atoms in total. The predicted octanol–water partition coefficient (Wildman–Crippen LogP) is 3.45. The van der Waals surface area contributed by atoms with E-state index in [9.17, 15) is 9.59 Å². The maximum atomic E-state index is 13.2. The zero-order chi connectivity index (χ0) is 21.6. The van der Waals surface area contributed by atoms with E-state index in [0.717, 1.165) is 16.7 Å². The normalized spacial score (nSPS) is 18.8. The van der Waals surface area contributed by atoms with Crippen molar-refractivity contribution < 1.29 is 14.3 Å². The summed E-state index contributed by atoms with van der Waals surface area (Å²) in [5.74, 6) is -0.310. The van der Waals surface area contributed by atoms with Crippen LogP contribution in [-0.2, 0) is 20.7 Å². The highest BCUT2D eigenvalue weighted by atomic mass is 16.5. The zero-order valence-electron chi connectivity index (χ0n) is 17.8. The molecule has 1 atom stereocenters. The number of morpholine rings is 1. The maximum absolute atomic E-state index is 13.2. The van der Waals surface area contributed by atoms with Gasteiger partial charge in [-0.15, -0.1) is 6.58 Å². The van der Waals surface area contributed by atoms with Gasteiger partial charge in [0.25, 0.3) is 5.91 Å². The molecule has 0 unspecified atom stereocenters. The minimum Gasteiger partial charge on any atom is -0.361 e. The lowest BCUT2D eigenvalue weighted by Gasteiger charge is -2.42. The third-order valence-electron chi connectivity index (χ3n) is 5.39. The molecular formula is C25H30N2O3. The molecule has 3 rings (SSSR count). The van der Waals surface area contributed by atoms with Crippen LogP contribution in [0.25, 0.3) is 11.1 Å². The Morgan fingerprint density at radius 3 is 2.57 bits per heavy atom. The number of carbonyl (C=O) groups excluding carboxylic acids is 2. The van der Waals surface area contributed by atoms with Gasteiger partial charge < -0.3 is 15.0 Å². The van der Waals surface area contributed by atoms with Gasteiger partial charge in [-0.1, -0.05) is 74.5 Å². The first-order valence-corrected chi connectivity index (χ1v) is 10.4. The van der Waals surface area contributed by atoms with E-state index < -0.39 is 5.60 Å². The summed E-state index contributed by atoms with van der Waals surface area (Å²) >= 11 is 0. The topological polar surface area (TPSA) is 58.6 Å². The monoisotopic (exact) mass is 406 g/mol. The largest absolute Gasteiger partial charge is 0.361 e. The van der Waals surface area contributed by atoms with Crippen LogP contribution in [0.15, 0.2) is 67.3 Å². The van der Waals surface area contributed by atoms with E-state index in [4.69, 9.17) is 4.74 Å². The highest BCUT2D eigenvalue weighted by Gasteiger charge is 2.45. The van der Waals surface area contributed by atoms with E-state index in [2.05, 4.69) is 30.1 Å². The summed E-state index contributed by atoms with van der Waals surface area (Å²) in [5, 5.41) is 2.89. The van der Waals surface area contributed by atoms with E-state index in [1.165, 1.54) is 0 Å². The summed E-state index contributed by atoms with van der Waals surface area (Å²) in [6.07, 6.45) is 2.02. The molecule has 2 amide bonds. The fourth-order valence-electron chi connectivity index (χ4n) is 3.87. The molecule has 1 saturated heterocycles. The van der Waals surface area contributed by atoms with Gasteiger partial charge in [0, 0.05) is 25.4 Å². The molecule has 0 aromatic heterocycles. The van der Waals surface area contributed by atoms with E-state index in [1.807, 2.05) is 50.2 Å². The number of hydrogen-bond acceptors (Lipinski definition) is 3. The zero-order valence-corrected chi connectivity index (χ0v) is 17.8. The summed E-state index contributed by atoms with van der Waals surface area (Å²) < 4.78 is 6.14. The third-order valence-corrected chi connectivity index (χ3v) is 5.39. The van der Waals surface area contributed by atoms with Crippen molar-refractivity contribution in [3.05, 3.63) is 72.8 Å². The Morgan fingerprint density at radius 2 is 1.87 bits per heavy atom. The average Bonchev–Trinajstić information content (AvgIpc) is 2.78. The third kappa shape index (κ3) is 4.79. The van der Waals surface area contributed by atoms with Crippen LogP contribution < -0.4 is 5.32 Å². The summed E-state index contributed by atoms with van der Waals surface area (Å²) in [6, 6.07) is 18.1. The second-order valence-electron chi connectivity index (χ2n) is 7.96. The Morgan fingerprint density at radius 1 is 1.17 bits per heavy atom. The van der Waals surface area contributed by atoms with Crippen molar-refractivity contribution in [1.29, 1.82) is 0 Å². The molecule has 1 aliphatic rings. The molecular weight excluding hydrogens is 376 g/mol. The van der Waals surface area contributed by atoms with E-state index in [1.54, 1.807) is 11.0 Å². The lowest BCUT2D eigenvalue weighted by molar-refractivity contribution is -0.167. The predicted molar refractivity (Wildman–Crippen MR) is 119 cm³/mol. The minimum absolute atomic E-state index is 0.0375. The Bertz CT molecular complexity index is 894. The molecule has 2 aromatic rings. The van der Waals surface area contributed by atoms with Gasteiger partial charge in [0.05, 0.1) is 13.2 Å². The highest BCUT2D eigenvalue weighted by Crippen LogP contribution is 2.30. The number of carbonyl (C=O) groups is 2. The smallest absolute Gasteiger partial charge is 0.254 e. The molecule has 1 heterocycles. The van der Waals surface area contributed by atoms with Crippen LogP contribution in [0.4, 0.5) is 0 Å². The van der Waals surface area contributed by atoms with E-state index in [-0.39, 0.29) is 24.3 Å². The molecule has 0 radical (unpaired) electrons. The van der Waals surface area contributed by atoms with Crippen molar-refractivity contribution in [2.24, 2.45) is 5.92 Å². The van der Waals surface area contributed by atoms with Crippen LogP contribution in [0.2, 0.25) is 0 Å². The summed E-state index contributed by atoms with van der Waals surface area (Å²) in [6.45, 7) is 8.84. The maximum Gasteiger partial charge on any atom is 0.254 e. The first kappa shape index (κ1) is 21.8. The number of rotatable bonds is 7. The summed E-state index contributed by atoms with van der Waals surface area (Å²) in [7, 11) is 0. The Balaban J connectivity index is 1.97. The van der Waals surface area contributed by atoms with Crippen LogP contribution in [0, 0.1) is 5.92 Å². The van der Waals surface area contributed by atoms with Gasteiger partial charge >= 0.3 is 0 Å². The number of ether oxygens (including phenoxy) is 1. The molecule has 1 N–H and O–H groups in total. The van der Waals surface area contributed by atoms with Crippen LogP contribution in [-0.4, -0.2) is 48.6 Å². The number of nitrogens with zero attached hydrogens (tertiary/aromatic N) is 1. The lowest BCUT2D eigenvalue weighted by atomic mass is 9.87. The number of amides is 2. The highest BCUT2D eigenvalue weighted by molar-refractivity contribution is 5.88. The fraction of sp³-hybridized carbons (Fsp3) is 0.360. The SMILES string of the molecule is C=CCNC(=O)[C@]1(Cc2ccccc2-c2ccccc2)CN(C(=O)C(C)C)CCO1. The van der Waals surface area contributed by atoms with Gasteiger partial charge in [-0.3, -0.25) is 9.59 Å². The quantitative estimate of drug-likeness (QED) is 0.717. The first-order chi connectivity index (χ1) is 14.5. The van der Waals surface area contributed by atoms with Crippen LogP contribution >= 0.6 is 0 Å². The molecule has 1 aliphatic heterocycles. The van der Waals surface area contributed by atoms with Crippen molar-refractivity contribution in [2.45, 2.75) is 25.9 Å². The standard InChI is InChI=1S/C25H30N2O3/c1-4-14-26-24(29)25(18-27(15-16-30-25)23(28)19(2)3)17-21-12-8-9-13-22(21)20-10-6-5-7-11-20/h4-13,19H,1,14-18H2,2-3H3,(H,26,29)/t25-/m0/s1. The van der Waals surface area contributed by atoms with E-state index >= 15 is 0 Å². The lowest BCUT2D eigenvalue weighted by Crippen LogP contribution is -2.62. The summed E-state index contributed by atoms with van der Waals surface area (Å²) in [4.78, 5) is 27.7.